The number of hydrogen-bond acceptors (Lipinski definition) is 7. The minimum Gasteiger partial charge on any atom is -0.388 e. The molecule has 0 spiro atoms. The summed E-state index contributed by atoms with van der Waals surface area (Å²) in [5, 5.41) is 21.9. The van der Waals surface area contributed by atoms with Gasteiger partial charge in [0, 0.05) is 11.5 Å². The molecule has 0 bridgehead atoms. The Kier molecular flexibility index (Phi) is 2.50. The quantitative estimate of drug-likeness (QED) is 0.783. The molecule has 7 nitrogen and oxygen atoms in total. The van der Waals surface area contributed by atoms with Crippen molar-refractivity contribution in [1.82, 2.24) is 19.1 Å². The first-order chi connectivity index (χ1) is 7.76. The smallest absolute Gasteiger partial charge is 0.176 e. The van der Waals surface area contributed by atoms with Crippen LogP contribution >= 0.6 is 11.5 Å². The molecule has 0 saturated carbocycles. The van der Waals surface area contributed by atoms with Gasteiger partial charge in [0.2, 0.25) is 0 Å². The van der Waals surface area contributed by atoms with E-state index in [1.807, 2.05) is 12.1 Å². The lowest BCUT2D eigenvalue weighted by Crippen LogP contribution is -2.04. The molecule has 78 valence electrons. The fourth-order valence-electron chi connectivity index (χ4n) is 1.19. The van der Waals surface area contributed by atoms with E-state index in [0.29, 0.717) is 17.2 Å². The van der Waals surface area contributed by atoms with Crippen molar-refractivity contribution >= 4 is 16.5 Å². The zero-order valence-electron chi connectivity index (χ0n) is 7.95. The van der Waals surface area contributed by atoms with Gasteiger partial charge in [-0.25, -0.2) is 4.98 Å². The number of rotatable bonds is 2. The SMILES string of the molecule is N#Cc1ncn(Cc2nnsc2N)c1C#N. The monoisotopic (exact) mass is 231 g/mol. The van der Waals surface area contributed by atoms with E-state index < -0.39 is 0 Å². The van der Waals surface area contributed by atoms with Crippen LogP contribution in [0.4, 0.5) is 5.00 Å². The first-order valence-corrected chi connectivity index (χ1v) is 4.95. The van der Waals surface area contributed by atoms with E-state index in [2.05, 4.69) is 14.6 Å². The van der Waals surface area contributed by atoms with Crippen LogP contribution in [0.25, 0.3) is 0 Å². The molecule has 2 rings (SSSR count). The van der Waals surface area contributed by atoms with Crippen LogP contribution in [0.1, 0.15) is 17.1 Å². The van der Waals surface area contributed by atoms with Gasteiger partial charge in [-0.15, -0.1) is 5.10 Å². The van der Waals surface area contributed by atoms with Crippen molar-refractivity contribution in [3.05, 3.63) is 23.4 Å². The number of nitrogens with zero attached hydrogens (tertiary/aromatic N) is 6. The third-order valence-corrected chi connectivity index (χ3v) is 2.55. The second-order valence-electron chi connectivity index (χ2n) is 2.88. The second kappa shape index (κ2) is 3.96. The fraction of sp³-hybridized carbons (Fsp3) is 0.125. The standard InChI is InChI=1S/C8H5N7S/c9-1-5-7(2-10)15(4-12-5)3-6-8(11)16-14-13-6/h4H,3,11H2. The van der Waals surface area contributed by atoms with E-state index in [0.717, 1.165) is 11.5 Å². The van der Waals surface area contributed by atoms with Crippen molar-refractivity contribution in [2.45, 2.75) is 6.54 Å². The summed E-state index contributed by atoms with van der Waals surface area (Å²) in [5.74, 6) is 0. The van der Waals surface area contributed by atoms with Crippen LogP contribution in [0.3, 0.4) is 0 Å². The molecule has 0 aliphatic heterocycles. The summed E-state index contributed by atoms with van der Waals surface area (Å²) in [6.45, 7) is 0.292. The Morgan fingerprint density at radius 1 is 1.44 bits per heavy atom. The van der Waals surface area contributed by atoms with E-state index in [1.54, 1.807) is 0 Å². The summed E-state index contributed by atoms with van der Waals surface area (Å²) in [6.07, 6.45) is 1.41. The number of nitrogen functional groups attached to an aromatic ring is 1. The van der Waals surface area contributed by atoms with Gasteiger partial charge in [0.25, 0.3) is 0 Å². The molecule has 0 unspecified atom stereocenters. The first kappa shape index (κ1) is 10.1. The molecule has 0 saturated heterocycles. The molecule has 0 radical (unpaired) electrons. The molecule has 2 N–H and O–H groups in total. The summed E-state index contributed by atoms with van der Waals surface area (Å²) in [5.41, 5.74) is 6.51. The van der Waals surface area contributed by atoms with Crippen LogP contribution in [-0.4, -0.2) is 19.1 Å². The van der Waals surface area contributed by atoms with Gasteiger partial charge in [-0.2, -0.15) is 10.5 Å². The van der Waals surface area contributed by atoms with E-state index >= 15 is 0 Å². The Morgan fingerprint density at radius 3 is 2.81 bits per heavy atom. The zero-order chi connectivity index (χ0) is 11.5. The van der Waals surface area contributed by atoms with E-state index in [-0.39, 0.29) is 11.4 Å². The largest absolute Gasteiger partial charge is 0.388 e. The van der Waals surface area contributed by atoms with Gasteiger partial charge in [0.15, 0.2) is 11.4 Å². The lowest BCUT2D eigenvalue weighted by Gasteiger charge is -2.00. The number of aromatic nitrogens is 4. The maximum absolute atomic E-state index is 8.89. The molecule has 0 aliphatic rings. The van der Waals surface area contributed by atoms with Gasteiger partial charge in [0.05, 0.1) is 12.9 Å². The molecule has 16 heavy (non-hydrogen) atoms. The lowest BCUT2D eigenvalue weighted by atomic mass is 10.3. The number of anilines is 1. The van der Waals surface area contributed by atoms with Gasteiger partial charge in [-0.1, -0.05) is 4.49 Å². The van der Waals surface area contributed by atoms with Gasteiger partial charge < -0.3 is 10.3 Å². The van der Waals surface area contributed by atoms with E-state index in [1.165, 1.54) is 10.9 Å². The minimum absolute atomic E-state index is 0.101. The molecule has 0 amide bonds. The van der Waals surface area contributed by atoms with Crippen molar-refractivity contribution in [2.75, 3.05) is 5.73 Å². The second-order valence-corrected chi connectivity index (χ2v) is 3.66. The zero-order valence-corrected chi connectivity index (χ0v) is 8.77. The van der Waals surface area contributed by atoms with Crippen molar-refractivity contribution in [1.29, 1.82) is 10.5 Å². The number of hydrogen-bond donors (Lipinski definition) is 1. The highest BCUT2D eigenvalue weighted by Gasteiger charge is 2.12. The summed E-state index contributed by atoms with van der Waals surface area (Å²) < 4.78 is 5.20. The third-order valence-electron chi connectivity index (χ3n) is 1.95. The number of nitriles is 2. The molecular weight excluding hydrogens is 226 g/mol. The highest BCUT2D eigenvalue weighted by molar-refractivity contribution is 7.09. The van der Waals surface area contributed by atoms with Crippen LogP contribution in [-0.2, 0) is 6.54 Å². The Hall–Kier alpha value is -2.45. The predicted molar refractivity (Wildman–Crippen MR) is 55.1 cm³/mol. The Morgan fingerprint density at radius 2 is 2.25 bits per heavy atom. The maximum atomic E-state index is 8.89. The van der Waals surface area contributed by atoms with Gasteiger partial charge >= 0.3 is 0 Å². The van der Waals surface area contributed by atoms with Crippen LogP contribution in [0.15, 0.2) is 6.33 Å². The summed E-state index contributed by atoms with van der Waals surface area (Å²) in [7, 11) is 0. The molecule has 0 aliphatic carbocycles. The molecule has 2 aromatic rings. The predicted octanol–water partition coefficient (Wildman–Crippen LogP) is 0.108. The molecule has 2 aromatic heterocycles. The van der Waals surface area contributed by atoms with Crippen LogP contribution in [0.2, 0.25) is 0 Å². The summed E-state index contributed by atoms with van der Waals surface area (Å²) in [4.78, 5) is 3.81. The number of imidazole rings is 1. The van der Waals surface area contributed by atoms with E-state index in [4.69, 9.17) is 16.3 Å². The highest BCUT2D eigenvalue weighted by atomic mass is 32.1. The lowest BCUT2D eigenvalue weighted by molar-refractivity contribution is 0.759. The van der Waals surface area contributed by atoms with Gasteiger partial charge in [-0.05, 0) is 0 Å². The Balaban J connectivity index is 2.37. The van der Waals surface area contributed by atoms with Crippen molar-refractivity contribution in [3.8, 4) is 12.1 Å². The van der Waals surface area contributed by atoms with Gasteiger partial charge in [0.1, 0.15) is 22.8 Å². The normalized spacial score (nSPS) is 9.62. The van der Waals surface area contributed by atoms with Crippen LogP contribution in [0.5, 0.6) is 0 Å². The fourth-order valence-corrected chi connectivity index (χ4v) is 1.63. The Bertz CT molecular complexity index is 597. The maximum Gasteiger partial charge on any atom is 0.176 e. The highest BCUT2D eigenvalue weighted by Crippen LogP contribution is 2.15. The number of nitrogens with two attached hydrogens (primary N) is 1. The topological polar surface area (TPSA) is 117 Å². The third kappa shape index (κ3) is 1.58. The van der Waals surface area contributed by atoms with Crippen molar-refractivity contribution in [3.63, 3.8) is 0 Å². The molecule has 0 aromatic carbocycles. The van der Waals surface area contributed by atoms with Gasteiger partial charge in [-0.3, -0.25) is 0 Å². The van der Waals surface area contributed by atoms with Crippen molar-refractivity contribution < 1.29 is 0 Å². The minimum atomic E-state index is 0.101. The average Bonchev–Trinajstić information content (AvgIpc) is 2.86. The molecular formula is C8H5N7S. The Labute approximate surface area is 94.5 Å². The average molecular weight is 231 g/mol. The summed E-state index contributed by atoms with van der Waals surface area (Å²) >= 11 is 1.08. The van der Waals surface area contributed by atoms with Crippen LogP contribution < -0.4 is 5.73 Å². The van der Waals surface area contributed by atoms with E-state index in [9.17, 15) is 0 Å². The molecule has 0 atom stereocenters. The first-order valence-electron chi connectivity index (χ1n) is 4.18. The summed E-state index contributed by atoms with van der Waals surface area (Å²) in [6, 6.07) is 3.76. The molecule has 2 heterocycles. The molecule has 8 heteroatoms. The van der Waals surface area contributed by atoms with Crippen molar-refractivity contribution in [2.24, 2.45) is 0 Å². The van der Waals surface area contributed by atoms with Crippen LogP contribution in [0, 0.1) is 22.7 Å². The molecule has 0 fully saturated rings.